The van der Waals surface area contributed by atoms with Gasteiger partial charge in [-0.05, 0) is 60.8 Å². The van der Waals surface area contributed by atoms with Crippen molar-refractivity contribution >= 4 is 57.5 Å². The van der Waals surface area contributed by atoms with Gasteiger partial charge in [-0.3, -0.25) is 18.8 Å². The quantitative estimate of drug-likeness (QED) is 0.356. The van der Waals surface area contributed by atoms with Crippen molar-refractivity contribution in [3.8, 4) is 0 Å². The zero-order valence-electron chi connectivity index (χ0n) is 20.2. The van der Waals surface area contributed by atoms with E-state index in [9.17, 15) is 14.4 Å². The molecule has 2 amide bonds. The van der Waals surface area contributed by atoms with Crippen LogP contribution in [0.2, 0.25) is 0 Å². The Hall–Kier alpha value is -3.56. The van der Waals surface area contributed by atoms with Crippen LogP contribution in [-0.4, -0.2) is 45.2 Å². The van der Waals surface area contributed by atoms with Crippen molar-refractivity contribution in [3.63, 3.8) is 0 Å². The summed E-state index contributed by atoms with van der Waals surface area (Å²) in [6, 6.07) is 15.4. The number of fused-ring (bicyclic) bond motifs is 3. The van der Waals surface area contributed by atoms with Crippen molar-refractivity contribution in [2.24, 2.45) is 0 Å². The summed E-state index contributed by atoms with van der Waals surface area (Å²) in [5.74, 6) is -0.318. The minimum Gasteiger partial charge on any atom is -0.348 e. The molecule has 0 saturated heterocycles. The smallest absolute Gasteiger partial charge is 0.265 e. The summed E-state index contributed by atoms with van der Waals surface area (Å²) in [6.45, 7) is 1.14. The third-order valence-electron chi connectivity index (χ3n) is 7.31. The average molecular weight is 531 g/mol. The molecule has 1 saturated carbocycles. The summed E-state index contributed by atoms with van der Waals surface area (Å²) >= 11 is 6.79. The molecule has 2 aliphatic rings. The molecule has 2 N–H and O–H groups in total. The highest BCUT2D eigenvalue weighted by atomic mass is 32.1. The first kappa shape index (κ1) is 23.8. The van der Waals surface area contributed by atoms with Gasteiger partial charge in [0.25, 0.3) is 17.4 Å². The lowest BCUT2D eigenvalue weighted by atomic mass is 9.99. The van der Waals surface area contributed by atoms with Crippen LogP contribution in [0.1, 0.15) is 57.7 Å². The average Bonchev–Trinajstić information content (AvgIpc) is 3.56. The van der Waals surface area contributed by atoms with Crippen LogP contribution in [-0.2, 0) is 0 Å². The predicted molar refractivity (Wildman–Crippen MR) is 149 cm³/mol. The summed E-state index contributed by atoms with van der Waals surface area (Å²) in [6.07, 6.45) is 7.03. The molecule has 188 valence electrons. The van der Waals surface area contributed by atoms with Gasteiger partial charge in [0.2, 0.25) is 0 Å². The van der Waals surface area contributed by atoms with Crippen molar-refractivity contribution in [3.05, 3.63) is 84.9 Å². The molecular formula is C28H26N4O3S2. The number of amides is 2. The number of nitrogens with one attached hydrogen (secondary N) is 2. The van der Waals surface area contributed by atoms with E-state index in [1.54, 1.807) is 22.6 Å². The molecule has 0 atom stereocenters. The minimum atomic E-state index is -0.315. The lowest BCUT2D eigenvalue weighted by Crippen LogP contribution is -2.34. The molecule has 1 aliphatic carbocycles. The van der Waals surface area contributed by atoms with Crippen LogP contribution in [0.5, 0.6) is 0 Å². The number of aromatic amines is 1. The fraction of sp³-hybridized carbons (Fsp3) is 0.286. The second kappa shape index (κ2) is 9.72. The molecule has 3 heterocycles. The third kappa shape index (κ3) is 4.42. The lowest BCUT2D eigenvalue weighted by molar-refractivity contribution is 0.0772. The van der Waals surface area contributed by atoms with Gasteiger partial charge in [-0.25, -0.2) is 0 Å². The van der Waals surface area contributed by atoms with Crippen LogP contribution in [0.15, 0.2) is 59.4 Å². The maximum Gasteiger partial charge on any atom is 0.265 e. The summed E-state index contributed by atoms with van der Waals surface area (Å²) in [7, 11) is 0. The third-order valence-corrected chi connectivity index (χ3v) is 8.68. The van der Waals surface area contributed by atoms with Crippen molar-refractivity contribution in [1.29, 1.82) is 0 Å². The number of H-pyrrole nitrogens is 1. The number of hydrogen-bond acceptors (Lipinski definition) is 5. The Labute approximate surface area is 222 Å². The fourth-order valence-corrected chi connectivity index (χ4v) is 6.63. The number of nitrogens with zero attached hydrogens (tertiary/aromatic N) is 2. The molecule has 6 rings (SSSR count). The fourth-order valence-electron chi connectivity index (χ4n) is 5.35. The summed E-state index contributed by atoms with van der Waals surface area (Å²) in [5, 5.41) is 3.50. The number of rotatable bonds is 4. The number of carbonyl (C=O) groups is 2. The molecule has 4 aromatic rings. The van der Waals surface area contributed by atoms with Crippen LogP contribution < -0.4 is 10.9 Å². The van der Waals surface area contributed by atoms with Gasteiger partial charge in [0.15, 0.2) is 3.95 Å². The van der Waals surface area contributed by atoms with E-state index in [1.807, 2.05) is 23.1 Å². The minimum absolute atomic E-state index is 0.0976. The molecule has 7 nitrogen and oxygen atoms in total. The van der Waals surface area contributed by atoms with Gasteiger partial charge in [0.1, 0.15) is 10.5 Å². The van der Waals surface area contributed by atoms with Gasteiger partial charge in [-0.2, -0.15) is 0 Å². The van der Waals surface area contributed by atoms with E-state index in [0.29, 0.717) is 44.0 Å². The number of thiazole rings is 1. The second-order valence-corrected chi connectivity index (χ2v) is 11.3. The van der Waals surface area contributed by atoms with Crippen molar-refractivity contribution < 1.29 is 9.59 Å². The van der Waals surface area contributed by atoms with Crippen LogP contribution in [0, 0.1) is 3.95 Å². The van der Waals surface area contributed by atoms with Gasteiger partial charge in [0, 0.05) is 24.7 Å². The summed E-state index contributed by atoms with van der Waals surface area (Å²) in [4.78, 5) is 44.4. The zero-order valence-corrected chi connectivity index (χ0v) is 21.8. The molecule has 2 aromatic heterocycles. The molecular weight excluding hydrogens is 504 g/mol. The molecule has 0 radical (unpaired) electrons. The van der Waals surface area contributed by atoms with E-state index >= 15 is 0 Å². The van der Waals surface area contributed by atoms with Gasteiger partial charge < -0.3 is 15.2 Å². The van der Waals surface area contributed by atoms with E-state index in [4.69, 9.17) is 12.2 Å². The van der Waals surface area contributed by atoms with Crippen molar-refractivity contribution in [2.75, 3.05) is 13.1 Å². The topological polar surface area (TPSA) is 86.7 Å². The van der Waals surface area contributed by atoms with E-state index in [1.165, 1.54) is 22.5 Å². The first-order chi connectivity index (χ1) is 18.0. The molecule has 2 aromatic carbocycles. The lowest BCUT2D eigenvalue weighted by Gasteiger charge is -2.27. The molecule has 0 unspecified atom stereocenters. The number of aromatic nitrogens is 2. The highest BCUT2D eigenvalue weighted by molar-refractivity contribution is 7.73. The second-order valence-electron chi connectivity index (χ2n) is 9.62. The van der Waals surface area contributed by atoms with E-state index in [-0.39, 0.29) is 23.4 Å². The Morgan fingerprint density at radius 3 is 2.59 bits per heavy atom. The Balaban J connectivity index is 1.34. The highest BCUT2D eigenvalue weighted by Crippen LogP contribution is 2.26. The number of hydrogen-bond donors (Lipinski definition) is 2. The first-order valence-corrected chi connectivity index (χ1v) is 13.8. The van der Waals surface area contributed by atoms with Crippen LogP contribution in [0.25, 0.3) is 22.1 Å². The van der Waals surface area contributed by atoms with E-state index < -0.39 is 0 Å². The van der Waals surface area contributed by atoms with Gasteiger partial charge >= 0.3 is 0 Å². The zero-order chi connectivity index (χ0) is 25.5. The molecule has 0 spiro atoms. The maximum absolute atomic E-state index is 13.4. The largest absolute Gasteiger partial charge is 0.348 e. The molecule has 9 heteroatoms. The summed E-state index contributed by atoms with van der Waals surface area (Å²) in [5.41, 5.74) is 3.50. The molecule has 37 heavy (non-hydrogen) atoms. The van der Waals surface area contributed by atoms with Gasteiger partial charge in [-0.15, -0.1) is 0 Å². The predicted octanol–water partition coefficient (Wildman–Crippen LogP) is 5.17. The van der Waals surface area contributed by atoms with Crippen molar-refractivity contribution in [1.82, 2.24) is 19.6 Å². The standard InChI is InChI=1S/C28H26N4O3S2/c33-25-21-11-10-19(27(35)31-14-12-18(13-15-31)17-6-2-1-3-7-17)16-22(21)32-24(30-25)23(37-28(32)36)26(34)29-20-8-4-5-9-20/h1-3,6-7,10-12,16,20H,4-5,8-9,13-15H2,(H,29,34)(H,30,33). The SMILES string of the molecule is O=C(NC1CCCC1)c1sc(=S)n2c1[nH]c(=O)c1ccc(C(=O)N3CC=C(c4ccccc4)CC3)cc12. The number of benzene rings is 2. The van der Waals surface area contributed by atoms with E-state index in [0.717, 1.165) is 32.1 Å². The van der Waals surface area contributed by atoms with Gasteiger partial charge in [-0.1, -0.05) is 60.6 Å². The Kier molecular flexibility index (Phi) is 6.26. The highest BCUT2D eigenvalue weighted by Gasteiger charge is 2.24. The monoisotopic (exact) mass is 530 g/mol. The Bertz CT molecular complexity index is 1680. The molecule has 0 bridgehead atoms. The normalized spacial score (nSPS) is 16.3. The van der Waals surface area contributed by atoms with Gasteiger partial charge in [0.05, 0.1) is 10.9 Å². The molecule has 1 aliphatic heterocycles. The van der Waals surface area contributed by atoms with Crippen LogP contribution >= 0.6 is 23.6 Å². The molecule has 1 fully saturated rings. The Morgan fingerprint density at radius 1 is 1.08 bits per heavy atom. The summed E-state index contributed by atoms with van der Waals surface area (Å²) < 4.78 is 2.16. The Morgan fingerprint density at radius 2 is 1.86 bits per heavy atom. The van der Waals surface area contributed by atoms with E-state index in [2.05, 4.69) is 28.5 Å². The number of carbonyl (C=O) groups excluding carboxylic acids is 2. The van der Waals surface area contributed by atoms with Crippen molar-refractivity contribution in [2.45, 2.75) is 38.1 Å². The van der Waals surface area contributed by atoms with Crippen LogP contribution in [0.3, 0.4) is 0 Å². The first-order valence-electron chi connectivity index (χ1n) is 12.6. The van der Waals surface area contributed by atoms with Crippen LogP contribution in [0.4, 0.5) is 0 Å². The maximum atomic E-state index is 13.4.